The van der Waals surface area contributed by atoms with Crippen molar-refractivity contribution in [3.05, 3.63) is 128 Å². The summed E-state index contributed by atoms with van der Waals surface area (Å²) < 4.78 is 0. The van der Waals surface area contributed by atoms with Crippen LogP contribution in [0.1, 0.15) is 89.8 Å². The largest absolute Gasteiger partial charge is 0.0842 e. The molecule has 0 aromatic heterocycles. The Kier molecular flexibility index (Phi) is 5.45. The fourth-order valence-electron chi connectivity index (χ4n) is 9.16. The quantitative estimate of drug-likeness (QED) is 0.368. The Morgan fingerprint density at radius 2 is 1.34 bits per heavy atom. The van der Waals surface area contributed by atoms with Gasteiger partial charge in [-0.05, 0) is 134 Å². The standard InChI is InChI=1S/C41H42/c1-25-22-34-39-37-32(25)12-9-13-33(37)40(2,3)35-23-31(24-36(38(35)39)41(34,4)5)30-20-18-29(19-21-30)28-16-14-27(15-17-28)26-10-7-6-8-11-26/h6-7,9-10,12-14,16,18-21,24,34-35H,8,11,15,17,22-23H2,1-5H3. The summed E-state index contributed by atoms with van der Waals surface area (Å²) in [7, 11) is 0. The van der Waals surface area contributed by atoms with Crippen molar-refractivity contribution in [2.45, 2.75) is 78.6 Å². The van der Waals surface area contributed by atoms with Crippen molar-refractivity contribution in [3.8, 4) is 0 Å². The third-order valence-electron chi connectivity index (χ3n) is 11.7. The molecule has 2 aromatic carbocycles. The van der Waals surface area contributed by atoms with Gasteiger partial charge in [-0.3, -0.25) is 0 Å². The van der Waals surface area contributed by atoms with E-state index in [-0.39, 0.29) is 10.8 Å². The average molecular weight is 535 g/mol. The molecule has 0 heteroatoms. The van der Waals surface area contributed by atoms with Gasteiger partial charge >= 0.3 is 0 Å². The molecule has 0 saturated heterocycles. The molecule has 0 spiro atoms. The maximum Gasteiger partial charge on any atom is -0.00232 e. The Balaban J connectivity index is 1.19. The van der Waals surface area contributed by atoms with Gasteiger partial charge in [-0.2, -0.15) is 0 Å². The van der Waals surface area contributed by atoms with Crippen LogP contribution in [0.2, 0.25) is 0 Å². The van der Waals surface area contributed by atoms with E-state index in [1.165, 1.54) is 57.9 Å². The molecule has 0 N–H and O–H groups in total. The number of rotatable bonds is 3. The molecule has 2 atom stereocenters. The zero-order valence-electron chi connectivity index (χ0n) is 25.4. The van der Waals surface area contributed by atoms with E-state index in [9.17, 15) is 0 Å². The van der Waals surface area contributed by atoms with Gasteiger partial charge in [0.05, 0.1) is 0 Å². The Hall–Kier alpha value is -3.38. The van der Waals surface area contributed by atoms with Crippen LogP contribution in [0.4, 0.5) is 0 Å². The van der Waals surface area contributed by atoms with Crippen molar-refractivity contribution in [1.82, 2.24) is 0 Å². The summed E-state index contributed by atoms with van der Waals surface area (Å²) in [6.45, 7) is 12.5. The maximum absolute atomic E-state index is 2.62. The average Bonchev–Trinajstić information content (AvgIpc) is 3.22. The van der Waals surface area contributed by atoms with Gasteiger partial charge in [-0.1, -0.05) is 112 Å². The predicted octanol–water partition coefficient (Wildman–Crippen LogP) is 9.14. The van der Waals surface area contributed by atoms with E-state index in [1.807, 2.05) is 0 Å². The van der Waals surface area contributed by atoms with E-state index >= 15 is 0 Å². The molecule has 6 aliphatic carbocycles. The van der Waals surface area contributed by atoms with Crippen LogP contribution in [0.5, 0.6) is 0 Å². The SMILES string of the molecule is CC1=c2cccc3c2=C2C4=C(C=C(c5ccc(C6=CC=C(C7=CC=CCC7)CC6)cc5)CC4C3(C)C)C(C)(C)C2C1. The zero-order valence-corrected chi connectivity index (χ0v) is 25.4. The highest BCUT2D eigenvalue weighted by Crippen LogP contribution is 2.63. The summed E-state index contributed by atoms with van der Waals surface area (Å²) in [5.41, 5.74) is 17.3. The zero-order chi connectivity index (χ0) is 28.1. The second-order valence-electron chi connectivity index (χ2n) is 14.5. The summed E-state index contributed by atoms with van der Waals surface area (Å²) in [5, 5.41) is 3.11. The van der Waals surface area contributed by atoms with Gasteiger partial charge in [-0.25, -0.2) is 0 Å². The topological polar surface area (TPSA) is 0 Å². The van der Waals surface area contributed by atoms with Crippen LogP contribution in [0.15, 0.2) is 101 Å². The molecule has 0 amide bonds. The molecule has 0 saturated carbocycles. The minimum atomic E-state index is 0.109. The van der Waals surface area contributed by atoms with Gasteiger partial charge in [0.25, 0.3) is 0 Å². The number of allylic oxidation sites excluding steroid dienone is 12. The normalized spacial score (nSPS) is 26.8. The first-order chi connectivity index (χ1) is 19.7. The first-order valence-corrected chi connectivity index (χ1v) is 15.9. The van der Waals surface area contributed by atoms with Crippen molar-refractivity contribution in [2.75, 3.05) is 0 Å². The van der Waals surface area contributed by atoms with E-state index in [4.69, 9.17) is 0 Å². The highest BCUT2D eigenvalue weighted by atomic mass is 14.6. The molecule has 8 rings (SSSR count). The van der Waals surface area contributed by atoms with Crippen LogP contribution in [0, 0.1) is 17.3 Å². The fourth-order valence-corrected chi connectivity index (χ4v) is 9.16. The molecule has 6 aliphatic rings. The Morgan fingerprint density at radius 3 is 2.05 bits per heavy atom. The van der Waals surface area contributed by atoms with Gasteiger partial charge < -0.3 is 0 Å². The van der Waals surface area contributed by atoms with Crippen LogP contribution in [-0.4, -0.2) is 0 Å². The highest BCUT2D eigenvalue weighted by Gasteiger charge is 2.54. The van der Waals surface area contributed by atoms with Gasteiger partial charge in [-0.15, -0.1) is 0 Å². The molecule has 0 bridgehead atoms. The highest BCUT2D eigenvalue weighted by molar-refractivity contribution is 5.87. The molecule has 0 fully saturated rings. The molecule has 2 unspecified atom stereocenters. The summed E-state index contributed by atoms with van der Waals surface area (Å²) in [6.07, 6.45) is 21.1. The number of hydrogen-bond acceptors (Lipinski definition) is 0. The van der Waals surface area contributed by atoms with Crippen LogP contribution >= 0.6 is 0 Å². The molecule has 0 radical (unpaired) electrons. The first-order valence-electron chi connectivity index (χ1n) is 15.9. The molecule has 206 valence electrons. The lowest BCUT2D eigenvalue weighted by atomic mass is 9.59. The Bertz CT molecular complexity index is 1820. The molecule has 0 heterocycles. The summed E-state index contributed by atoms with van der Waals surface area (Å²) in [4.78, 5) is 0. The third kappa shape index (κ3) is 3.59. The van der Waals surface area contributed by atoms with E-state index in [2.05, 4.69) is 114 Å². The Labute approximate surface area is 246 Å². The lowest BCUT2D eigenvalue weighted by Gasteiger charge is -2.44. The van der Waals surface area contributed by atoms with Crippen LogP contribution in [-0.2, 0) is 5.41 Å². The fraction of sp³-hybridized carbons (Fsp3) is 0.366. The van der Waals surface area contributed by atoms with Crippen molar-refractivity contribution in [2.24, 2.45) is 17.3 Å². The summed E-state index contributed by atoms with van der Waals surface area (Å²) in [6, 6.07) is 16.7. The minimum absolute atomic E-state index is 0.109. The van der Waals surface area contributed by atoms with Crippen LogP contribution in [0.25, 0.3) is 22.3 Å². The van der Waals surface area contributed by atoms with Crippen molar-refractivity contribution >= 4 is 22.3 Å². The molecule has 0 nitrogen and oxygen atoms in total. The summed E-state index contributed by atoms with van der Waals surface area (Å²) >= 11 is 0. The second kappa shape index (κ2) is 8.81. The van der Waals surface area contributed by atoms with E-state index in [0.29, 0.717) is 11.8 Å². The van der Waals surface area contributed by atoms with Gasteiger partial charge in [0, 0.05) is 0 Å². The first kappa shape index (κ1) is 25.3. The lowest BCUT2D eigenvalue weighted by Crippen LogP contribution is -2.49. The maximum atomic E-state index is 2.62. The Morgan fingerprint density at radius 1 is 0.659 bits per heavy atom. The van der Waals surface area contributed by atoms with Gasteiger partial charge in [0.15, 0.2) is 0 Å². The smallest absolute Gasteiger partial charge is 0.00232 e. The molecule has 0 aliphatic heterocycles. The van der Waals surface area contributed by atoms with E-state index in [0.717, 1.165) is 19.3 Å². The third-order valence-corrected chi connectivity index (χ3v) is 11.7. The summed E-state index contributed by atoms with van der Waals surface area (Å²) in [5.74, 6) is 1.13. The van der Waals surface area contributed by atoms with Gasteiger partial charge in [0.1, 0.15) is 0 Å². The predicted molar refractivity (Wildman–Crippen MR) is 174 cm³/mol. The second-order valence-corrected chi connectivity index (χ2v) is 14.5. The molecular formula is C41H42. The lowest BCUT2D eigenvalue weighted by molar-refractivity contribution is 0.356. The number of benzene rings is 2. The molecule has 41 heavy (non-hydrogen) atoms. The minimum Gasteiger partial charge on any atom is -0.0842 e. The van der Waals surface area contributed by atoms with E-state index < -0.39 is 0 Å². The molecule has 2 aromatic rings. The van der Waals surface area contributed by atoms with Gasteiger partial charge in [0.2, 0.25) is 0 Å². The monoisotopic (exact) mass is 534 g/mol. The van der Waals surface area contributed by atoms with Crippen molar-refractivity contribution in [1.29, 1.82) is 0 Å². The van der Waals surface area contributed by atoms with Crippen molar-refractivity contribution < 1.29 is 0 Å². The van der Waals surface area contributed by atoms with E-state index in [1.54, 1.807) is 33.1 Å². The van der Waals surface area contributed by atoms with Crippen molar-refractivity contribution in [3.63, 3.8) is 0 Å². The van der Waals surface area contributed by atoms with Crippen LogP contribution in [0.3, 0.4) is 0 Å². The molecular weight excluding hydrogens is 492 g/mol. The van der Waals surface area contributed by atoms with Crippen LogP contribution < -0.4 is 10.4 Å². The number of hydrogen-bond donors (Lipinski definition) is 0.